The predicted molar refractivity (Wildman–Crippen MR) is 154 cm³/mol. The lowest BCUT2D eigenvalue weighted by Crippen LogP contribution is -2.55. The largest absolute Gasteiger partial charge is 0.490 e. The molecule has 10 nitrogen and oxygen atoms in total. The molecule has 0 spiro atoms. The molecule has 0 aromatic heterocycles. The number of hydrogen-bond donors (Lipinski definition) is 5. The zero-order valence-electron chi connectivity index (χ0n) is 23.6. The monoisotopic (exact) mass is 617 g/mol. The second-order valence-electron chi connectivity index (χ2n) is 11.6. The molecule has 2 heterocycles. The number of carbonyl (C=O) groups excluding carboxylic acids is 1. The van der Waals surface area contributed by atoms with Crippen LogP contribution in [0.1, 0.15) is 48.5 Å². The number of likely N-dealkylation sites (tertiary alicyclic amines) is 1. The van der Waals surface area contributed by atoms with Crippen LogP contribution in [-0.4, -0.2) is 99.7 Å². The fourth-order valence-electron chi connectivity index (χ4n) is 6.13. The Hall–Kier alpha value is -2.82. The molecule has 3 fully saturated rings. The number of aliphatic hydroxyl groups excluding tert-OH is 4. The summed E-state index contributed by atoms with van der Waals surface area (Å²) < 4.78 is 25.5. The van der Waals surface area contributed by atoms with Crippen LogP contribution < -0.4 is 10.1 Å². The van der Waals surface area contributed by atoms with Crippen LogP contribution in [0.15, 0.2) is 42.5 Å². The molecule has 12 heteroatoms. The summed E-state index contributed by atoms with van der Waals surface area (Å²) in [6.45, 7) is -0.462. The molecule has 2 saturated heterocycles. The quantitative estimate of drug-likeness (QED) is 0.283. The number of halogens is 2. The van der Waals surface area contributed by atoms with Crippen molar-refractivity contribution in [1.29, 1.82) is 5.26 Å². The number of alkyl halides is 1. The summed E-state index contributed by atoms with van der Waals surface area (Å²) in [5.41, 5.74) is 2.32. The van der Waals surface area contributed by atoms with E-state index < -0.39 is 49.3 Å². The molecule has 232 valence electrons. The van der Waals surface area contributed by atoms with Gasteiger partial charge in [-0.15, -0.1) is 0 Å². The van der Waals surface area contributed by atoms with Crippen molar-refractivity contribution >= 4 is 17.5 Å². The van der Waals surface area contributed by atoms with Gasteiger partial charge in [-0.2, -0.15) is 5.26 Å². The Balaban J connectivity index is 1.13. The van der Waals surface area contributed by atoms with E-state index in [1.807, 2.05) is 30.3 Å². The van der Waals surface area contributed by atoms with Crippen molar-refractivity contribution in [1.82, 2.24) is 10.2 Å². The number of rotatable bonds is 9. The lowest BCUT2D eigenvalue weighted by molar-refractivity contribution is -0.231. The summed E-state index contributed by atoms with van der Waals surface area (Å²) in [6, 6.07) is 14.2. The van der Waals surface area contributed by atoms with Gasteiger partial charge >= 0.3 is 0 Å². The molecule has 1 saturated carbocycles. The molecule has 2 aliphatic heterocycles. The van der Waals surface area contributed by atoms with E-state index in [4.69, 9.17) is 21.1 Å². The minimum atomic E-state index is -1.46. The number of carbonyl (C=O) groups is 1. The number of amides is 1. The number of benzene rings is 2. The Morgan fingerprint density at radius 3 is 2.60 bits per heavy atom. The Labute approximate surface area is 254 Å². The van der Waals surface area contributed by atoms with Gasteiger partial charge in [0.1, 0.15) is 54.6 Å². The summed E-state index contributed by atoms with van der Waals surface area (Å²) in [5, 5.41) is 53.2. The van der Waals surface area contributed by atoms with Crippen molar-refractivity contribution in [2.75, 3.05) is 19.7 Å². The zero-order chi connectivity index (χ0) is 30.7. The van der Waals surface area contributed by atoms with Crippen LogP contribution in [0.3, 0.4) is 0 Å². The first-order chi connectivity index (χ1) is 20.7. The minimum Gasteiger partial charge on any atom is -0.490 e. The molecule has 0 bridgehead atoms. The molecule has 1 amide bonds. The number of nitrogens with zero attached hydrogens (tertiary/aromatic N) is 2. The van der Waals surface area contributed by atoms with Crippen LogP contribution in [0.5, 0.6) is 5.75 Å². The van der Waals surface area contributed by atoms with E-state index >= 15 is 0 Å². The van der Waals surface area contributed by atoms with E-state index in [1.54, 1.807) is 18.2 Å². The molecule has 9 atom stereocenters. The Bertz CT molecular complexity index is 1310. The summed E-state index contributed by atoms with van der Waals surface area (Å²) in [6.07, 6.45) is -4.43. The SMILES string of the molecule is N#C[C@@H]1C[C@H](F)CN1C(=O)CN[C@H]1CC[C@H](Oc2ccc(Cc3cc([C@@H]4O[C@H](CO)[C@@H](O)[C@H](O)[C@H]4O)ccc3Cl)cc2)C1. The Kier molecular flexibility index (Phi) is 10.2. The van der Waals surface area contributed by atoms with Gasteiger partial charge in [-0.25, -0.2) is 4.39 Å². The van der Waals surface area contributed by atoms with Crippen LogP contribution in [0.25, 0.3) is 0 Å². The fraction of sp³-hybridized carbons (Fsp3) is 0.548. The maximum atomic E-state index is 13.6. The molecule has 1 aliphatic carbocycles. The van der Waals surface area contributed by atoms with Gasteiger partial charge in [0.25, 0.3) is 0 Å². The first-order valence-electron chi connectivity index (χ1n) is 14.6. The summed E-state index contributed by atoms with van der Waals surface area (Å²) >= 11 is 6.47. The average molecular weight is 618 g/mol. The number of aliphatic hydroxyl groups is 4. The zero-order valence-corrected chi connectivity index (χ0v) is 24.3. The normalized spacial score (nSPS) is 32.5. The lowest BCUT2D eigenvalue weighted by Gasteiger charge is -2.40. The van der Waals surface area contributed by atoms with Gasteiger partial charge in [0.15, 0.2) is 0 Å². The molecule has 2 aromatic carbocycles. The molecule has 5 N–H and O–H groups in total. The third-order valence-electron chi connectivity index (χ3n) is 8.56. The highest BCUT2D eigenvalue weighted by Gasteiger charge is 2.44. The fourth-order valence-corrected chi connectivity index (χ4v) is 6.32. The second kappa shape index (κ2) is 13.9. The molecule has 3 aliphatic rings. The van der Waals surface area contributed by atoms with E-state index in [9.17, 15) is 34.9 Å². The highest BCUT2D eigenvalue weighted by Crippen LogP contribution is 2.35. The van der Waals surface area contributed by atoms with Crippen LogP contribution in [0, 0.1) is 11.3 Å². The van der Waals surface area contributed by atoms with Gasteiger partial charge in [0.2, 0.25) is 5.91 Å². The van der Waals surface area contributed by atoms with Crippen LogP contribution in [0.2, 0.25) is 5.02 Å². The van der Waals surface area contributed by atoms with E-state index in [0.717, 1.165) is 36.1 Å². The van der Waals surface area contributed by atoms with Gasteiger partial charge < -0.3 is 40.1 Å². The molecular formula is C31H37ClFN3O7. The molecule has 2 aromatic rings. The van der Waals surface area contributed by atoms with E-state index in [1.165, 1.54) is 4.90 Å². The smallest absolute Gasteiger partial charge is 0.237 e. The third-order valence-corrected chi connectivity index (χ3v) is 8.93. The van der Waals surface area contributed by atoms with E-state index in [0.29, 0.717) is 17.0 Å². The van der Waals surface area contributed by atoms with Crippen molar-refractivity contribution in [3.05, 3.63) is 64.2 Å². The maximum Gasteiger partial charge on any atom is 0.237 e. The van der Waals surface area contributed by atoms with Gasteiger partial charge in [0, 0.05) is 17.5 Å². The summed E-state index contributed by atoms with van der Waals surface area (Å²) in [4.78, 5) is 13.8. The lowest BCUT2D eigenvalue weighted by atomic mass is 9.90. The Morgan fingerprint density at radius 1 is 1.12 bits per heavy atom. The molecule has 5 rings (SSSR count). The number of nitriles is 1. The number of nitrogens with one attached hydrogen (secondary N) is 1. The number of hydrogen-bond acceptors (Lipinski definition) is 9. The summed E-state index contributed by atoms with van der Waals surface area (Å²) in [7, 11) is 0. The predicted octanol–water partition coefficient (Wildman–Crippen LogP) is 1.80. The van der Waals surface area contributed by atoms with Crippen molar-refractivity contribution < 1.29 is 39.1 Å². The van der Waals surface area contributed by atoms with Crippen LogP contribution in [-0.2, 0) is 16.0 Å². The van der Waals surface area contributed by atoms with Crippen molar-refractivity contribution in [3.8, 4) is 11.8 Å². The van der Waals surface area contributed by atoms with Crippen molar-refractivity contribution in [3.63, 3.8) is 0 Å². The standard InChI is InChI=1S/C31H37ClFN3O7/c32-25-8-3-18(31-30(41)29(40)28(39)26(16-37)43-31)10-19(25)9-17-1-5-23(6-2-17)42-24-7-4-21(12-24)35-14-27(38)36-15-20(33)11-22(36)13-34/h1-3,5-6,8,10,20-22,24,26,28-31,35,37,39-41H,4,7,9,11-12,14-16H2/t20-,21-,22-,24-,26+,28+,29-,30+,31-/m0/s1. The first-order valence-corrected chi connectivity index (χ1v) is 15.0. The van der Waals surface area contributed by atoms with Gasteiger partial charge in [-0.1, -0.05) is 35.9 Å². The summed E-state index contributed by atoms with van der Waals surface area (Å²) in [5.74, 6) is 0.458. The topological polar surface area (TPSA) is 156 Å². The molecule has 43 heavy (non-hydrogen) atoms. The van der Waals surface area contributed by atoms with Gasteiger partial charge in [-0.3, -0.25) is 4.79 Å². The highest BCUT2D eigenvalue weighted by molar-refractivity contribution is 6.31. The molecule has 0 radical (unpaired) electrons. The van der Waals surface area contributed by atoms with Crippen molar-refractivity contribution in [2.24, 2.45) is 0 Å². The second-order valence-corrected chi connectivity index (χ2v) is 12.0. The van der Waals surface area contributed by atoms with Crippen LogP contribution in [0.4, 0.5) is 4.39 Å². The first kappa shape index (κ1) is 31.6. The molecular weight excluding hydrogens is 581 g/mol. The van der Waals surface area contributed by atoms with Gasteiger partial charge in [0.05, 0.1) is 25.8 Å². The van der Waals surface area contributed by atoms with Gasteiger partial charge in [-0.05, 0) is 60.6 Å². The third kappa shape index (κ3) is 7.29. The molecule has 0 unspecified atom stereocenters. The minimum absolute atomic E-state index is 0.0167. The van der Waals surface area contributed by atoms with E-state index in [-0.39, 0.29) is 37.6 Å². The Morgan fingerprint density at radius 2 is 1.88 bits per heavy atom. The number of ether oxygens (including phenoxy) is 2. The van der Waals surface area contributed by atoms with E-state index in [2.05, 4.69) is 5.32 Å². The average Bonchev–Trinajstić information content (AvgIpc) is 3.62. The maximum absolute atomic E-state index is 13.6. The highest BCUT2D eigenvalue weighted by atomic mass is 35.5. The van der Waals surface area contributed by atoms with Crippen molar-refractivity contribution in [2.45, 2.75) is 87.0 Å². The van der Waals surface area contributed by atoms with Crippen LogP contribution >= 0.6 is 11.6 Å².